The number of carbonyl (C=O) groups is 1. The highest BCUT2D eigenvalue weighted by molar-refractivity contribution is 5.76. The molecule has 0 aromatic carbocycles. The first-order chi connectivity index (χ1) is 8.54. The second-order valence-electron chi connectivity index (χ2n) is 5.14. The standard InChI is InChI=1S/C13H24N4O/c1-4-5-8-17-12(7-6-10(2)3)11(15-16-17)9-13(14)18/h10H,4-9H2,1-3H3,(H2,14,18). The number of hydrogen-bond donors (Lipinski definition) is 1. The van der Waals surface area contributed by atoms with Gasteiger partial charge < -0.3 is 5.73 Å². The Balaban J connectivity index is 2.82. The molecular weight excluding hydrogens is 228 g/mol. The Labute approximate surface area is 109 Å². The first-order valence-corrected chi connectivity index (χ1v) is 6.74. The molecule has 1 aromatic rings. The molecule has 2 N–H and O–H groups in total. The maximum absolute atomic E-state index is 11.0. The lowest BCUT2D eigenvalue weighted by atomic mass is 10.0. The van der Waals surface area contributed by atoms with Gasteiger partial charge in [-0.2, -0.15) is 0 Å². The quantitative estimate of drug-likeness (QED) is 0.765. The maximum atomic E-state index is 11.0. The number of rotatable bonds is 8. The summed E-state index contributed by atoms with van der Waals surface area (Å²) in [5.74, 6) is 0.282. The molecule has 0 atom stereocenters. The normalized spacial score (nSPS) is 11.1. The maximum Gasteiger partial charge on any atom is 0.223 e. The summed E-state index contributed by atoms with van der Waals surface area (Å²) in [7, 11) is 0. The monoisotopic (exact) mass is 252 g/mol. The van der Waals surface area contributed by atoms with Crippen molar-refractivity contribution in [1.82, 2.24) is 15.0 Å². The molecular formula is C13H24N4O. The average Bonchev–Trinajstić information content (AvgIpc) is 2.65. The van der Waals surface area contributed by atoms with Gasteiger partial charge in [0.1, 0.15) is 0 Å². The lowest BCUT2D eigenvalue weighted by molar-refractivity contribution is -0.117. The minimum atomic E-state index is -0.344. The molecule has 1 amide bonds. The van der Waals surface area contributed by atoms with E-state index in [4.69, 9.17) is 5.73 Å². The molecule has 0 aliphatic carbocycles. The van der Waals surface area contributed by atoms with Crippen LogP contribution in [0.15, 0.2) is 0 Å². The predicted molar refractivity (Wildman–Crippen MR) is 71.0 cm³/mol. The molecule has 5 nitrogen and oxygen atoms in total. The van der Waals surface area contributed by atoms with Gasteiger partial charge in [-0.25, -0.2) is 4.68 Å². The molecule has 0 fully saturated rings. The van der Waals surface area contributed by atoms with Crippen LogP contribution in [-0.4, -0.2) is 20.9 Å². The molecule has 0 saturated carbocycles. The zero-order valence-corrected chi connectivity index (χ0v) is 11.6. The molecule has 5 heteroatoms. The molecule has 0 spiro atoms. The number of carbonyl (C=O) groups excluding carboxylic acids is 1. The Kier molecular flexibility index (Phi) is 5.82. The van der Waals surface area contributed by atoms with Crippen LogP contribution in [0.4, 0.5) is 0 Å². The molecule has 1 aromatic heterocycles. The van der Waals surface area contributed by atoms with Gasteiger partial charge in [-0.15, -0.1) is 5.10 Å². The van der Waals surface area contributed by atoms with Crippen LogP contribution in [0, 0.1) is 5.92 Å². The van der Waals surface area contributed by atoms with Crippen LogP contribution in [0.5, 0.6) is 0 Å². The van der Waals surface area contributed by atoms with Crippen LogP contribution in [0.1, 0.15) is 51.4 Å². The van der Waals surface area contributed by atoms with Gasteiger partial charge in [0.2, 0.25) is 5.91 Å². The molecule has 0 bridgehead atoms. The summed E-state index contributed by atoms with van der Waals surface area (Å²) in [4.78, 5) is 11.0. The Morgan fingerprint density at radius 3 is 2.72 bits per heavy atom. The van der Waals surface area contributed by atoms with Crippen molar-refractivity contribution >= 4 is 5.91 Å². The van der Waals surface area contributed by atoms with Crippen molar-refractivity contribution in [2.24, 2.45) is 11.7 Å². The first-order valence-electron chi connectivity index (χ1n) is 6.74. The lowest BCUT2D eigenvalue weighted by Crippen LogP contribution is -2.16. The highest BCUT2D eigenvalue weighted by atomic mass is 16.1. The zero-order chi connectivity index (χ0) is 13.5. The van der Waals surface area contributed by atoms with Crippen LogP contribution < -0.4 is 5.73 Å². The molecule has 1 heterocycles. The van der Waals surface area contributed by atoms with Gasteiger partial charge in [-0.05, 0) is 25.2 Å². The third kappa shape index (κ3) is 4.47. The number of nitrogens with zero attached hydrogens (tertiary/aromatic N) is 3. The van der Waals surface area contributed by atoms with Gasteiger partial charge in [-0.3, -0.25) is 4.79 Å². The van der Waals surface area contributed by atoms with Gasteiger partial charge in [0.05, 0.1) is 17.8 Å². The van der Waals surface area contributed by atoms with E-state index in [0.717, 1.165) is 43.6 Å². The molecule has 1 rings (SSSR count). The Morgan fingerprint density at radius 1 is 1.44 bits per heavy atom. The van der Waals surface area contributed by atoms with Gasteiger partial charge in [-0.1, -0.05) is 32.4 Å². The van der Waals surface area contributed by atoms with E-state index in [9.17, 15) is 4.79 Å². The van der Waals surface area contributed by atoms with Crippen molar-refractivity contribution < 1.29 is 4.79 Å². The molecule has 0 aliphatic heterocycles. The van der Waals surface area contributed by atoms with Crippen LogP contribution >= 0.6 is 0 Å². The van der Waals surface area contributed by atoms with Crippen molar-refractivity contribution in [3.05, 3.63) is 11.4 Å². The molecule has 0 saturated heterocycles. The molecule has 18 heavy (non-hydrogen) atoms. The number of primary amides is 1. The number of hydrogen-bond acceptors (Lipinski definition) is 3. The minimum absolute atomic E-state index is 0.194. The number of unbranched alkanes of at least 4 members (excludes halogenated alkanes) is 1. The fourth-order valence-corrected chi connectivity index (χ4v) is 1.86. The smallest absolute Gasteiger partial charge is 0.223 e. The summed E-state index contributed by atoms with van der Waals surface area (Å²) in [5.41, 5.74) is 7.07. The molecule has 0 unspecified atom stereocenters. The van der Waals surface area contributed by atoms with Crippen LogP contribution in [0.3, 0.4) is 0 Å². The summed E-state index contributed by atoms with van der Waals surface area (Å²) < 4.78 is 1.93. The number of amides is 1. The SMILES string of the molecule is CCCCn1nnc(CC(N)=O)c1CCC(C)C. The predicted octanol–water partition coefficient (Wildman–Crippen LogP) is 1.69. The number of aryl methyl sites for hydroxylation is 1. The minimum Gasteiger partial charge on any atom is -0.369 e. The number of nitrogens with two attached hydrogens (primary N) is 1. The first kappa shape index (κ1) is 14.7. The Morgan fingerprint density at radius 2 is 2.17 bits per heavy atom. The summed E-state index contributed by atoms with van der Waals surface area (Å²) in [5, 5.41) is 8.24. The second kappa shape index (κ2) is 7.13. The highest BCUT2D eigenvalue weighted by Gasteiger charge is 2.14. The summed E-state index contributed by atoms with van der Waals surface area (Å²) in [6.07, 6.45) is 4.38. The van der Waals surface area contributed by atoms with Crippen LogP contribution in [0.25, 0.3) is 0 Å². The molecule has 102 valence electrons. The fraction of sp³-hybridized carbons (Fsp3) is 0.769. The van der Waals surface area contributed by atoms with E-state index in [-0.39, 0.29) is 12.3 Å². The number of aromatic nitrogens is 3. The van der Waals surface area contributed by atoms with Crippen molar-refractivity contribution in [3.63, 3.8) is 0 Å². The van der Waals surface area contributed by atoms with E-state index in [1.165, 1.54) is 0 Å². The topological polar surface area (TPSA) is 73.8 Å². The summed E-state index contributed by atoms with van der Waals surface area (Å²) in [6.45, 7) is 7.40. The van der Waals surface area contributed by atoms with Gasteiger partial charge in [0.15, 0.2) is 0 Å². The zero-order valence-electron chi connectivity index (χ0n) is 11.6. The average molecular weight is 252 g/mol. The van der Waals surface area contributed by atoms with Gasteiger partial charge in [0, 0.05) is 6.54 Å². The third-order valence-electron chi connectivity index (χ3n) is 2.94. The van der Waals surface area contributed by atoms with E-state index < -0.39 is 0 Å². The van der Waals surface area contributed by atoms with Crippen molar-refractivity contribution in [3.8, 4) is 0 Å². The van der Waals surface area contributed by atoms with Crippen molar-refractivity contribution in [2.45, 2.75) is 59.4 Å². The van der Waals surface area contributed by atoms with E-state index in [2.05, 4.69) is 31.1 Å². The summed E-state index contributed by atoms with van der Waals surface area (Å²) in [6, 6.07) is 0. The largest absolute Gasteiger partial charge is 0.369 e. The molecule has 0 aliphatic rings. The van der Waals surface area contributed by atoms with Crippen molar-refractivity contribution in [1.29, 1.82) is 0 Å². The van der Waals surface area contributed by atoms with Crippen molar-refractivity contribution in [2.75, 3.05) is 0 Å². The van der Waals surface area contributed by atoms with Gasteiger partial charge >= 0.3 is 0 Å². The Hall–Kier alpha value is -1.39. The van der Waals surface area contributed by atoms with E-state index in [0.29, 0.717) is 5.92 Å². The van der Waals surface area contributed by atoms with E-state index in [1.807, 2.05) is 4.68 Å². The van der Waals surface area contributed by atoms with Crippen LogP contribution in [0.2, 0.25) is 0 Å². The van der Waals surface area contributed by atoms with Crippen LogP contribution in [-0.2, 0) is 24.2 Å². The second-order valence-corrected chi connectivity index (χ2v) is 5.14. The fourth-order valence-electron chi connectivity index (χ4n) is 1.86. The summed E-state index contributed by atoms with van der Waals surface area (Å²) >= 11 is 0. The third-order valence-corrected chi connectivity index (χ3v) is 2.94. The van der Waals surface area contributed by atoms with E-state index in [1.54, 1.807) is 0 Å². The Bertz CT molecular complexity index is 384. The van der Waals surface area contributed by atoms with E-state index >= 15 is 0 Å². The lowest BCUT2D eigenvalue weighted by Gasteiger charge is -2.09. The highest BCUT2D eigenvalue weighted by Crippen LogP contribution is 2.13. The van der Waals surface area contributed by atoms with Gasteiger partial charge in [0.25, 0.3) is 0 Å². The molecule has 0 radical (unpaired) electrons.